The second-order valence-electron chi connectivity index (χ2n) is 4.54. The van der Waals surface area contributed by atoms with Gasteiger partial charge in [0.2, 0.25) is 0 Å². The Morgan fingerprint density at radius 1 is 1.39 bits per heavy atom. The van der Waals surface area contributed by atoms with Gasteiger partial charge in [-0.25, -0.2) is 0 Å². The van der Waals surface area contributed by atoms with Crippen LogP contribution in [0.1, 0.15) is 36.2 Å². The van der Waals surface area contributed by atoms with Gasteiger partial charge in [-0.2, -0.15) is 0 Å². The maximum absolute atomic E-state index is 11.9. The van der Waals surface area contributed by atoms with E-state index in [1.807, 2.05) is 0 Å². The van der Waals surface area contributed by atoms with Gasteiger partial charge in [0.15, 0.2) is 0 Å². The van der Waals surface area contributed by atoms with Crippen molar-refractivity contribution in [1.29, 1.82) is 0 Å². The highest BCUT2D eigenvalue weighted by Crippen LogP contribution is 2.25. The monoisotopic (exact) mass is 314 g/mol. The molecule has 18 heavy (non-hydrogen) atoms. The second kappa shape index (κ2) is 5.56. The lowest BCUT2D eigenvalue weighted by Crippen LogP contribution is -2.45. The quantitative estimate of drug-likeness (QED) is 0.799. The molecule has 0 spiro atoms. The molecule has 1 fully saturated rings. The van der Waals surface area contributed by atoms with Crippen LogP contribution >= 0.6 is 15.9 Å². The predicted molar refractivity (Wildman–Crippen MR) is 69.3 cm³/mol. The van der Waals surface area contributed by atoms with Crippen molar-refractivity contribution in [2.45, 2.75) is 31.7 Å². The number of carboxylic acid groups (broad SMARTS) is 1. The van der Waals surface area contributed by atoms with E-state index in [9.17, 15) is 9.59 Å². The van der Waals surface area contributed by atoms with Gasteiger partial charge >= 0.3 is 5.97 Å². The van der Waals surface area contributed by atoms with Crippen LogP contribution in [0.3, 0.4) is 0 Å². The standard InChI is InChI=1S/C12H15BrN2O3/c13-7-5-10(14-6-7)11(16)15-9-4-2-1-3-8(9)12(17)18/h5-6,8-9,14H,1-4H2,(H,15,16)(H,17,18). The van der Waals surface area contributed by atoms with Crippen LogP contribution in [-0.2, 0) is 4.79 Å². The normalized spacial score (nSPS) is 23.6. The van der Waals surface area contributed by atoms with Gasteiger partial charge in [0.25, 0.3) is 5.91 Å². The molecule has 1 saturated carbocycles. The molecular weight excluding hydrogens is 300 g/mol. The molecule has 2 atom stereocenters. The van der Waals surface area contributed by atoms with Crippen molar-refractivity contribution >= 4 is 27.8 Å². The van der Waals surface area contributed by atoms with E-state index in [0.29, 0.717) is 12.1 Å². The molecule has 98 valence electrons. The summed E-state index contributed by atoms with van der Waals surface area (Å²) >= 11 is 3.26. The van der Waals surface area contributed by atoms with E-state index >= 15 is 0 Å². The van der Waals surface area contributed by atoms with Gasteiger partial charge in [-0.3, -0.25) is 9.59 Å². The zero-order valence-corrected chi connectivity index (χ0v) is 11.4. The Bertz CT molecular complexity index is 458. The van der Waals surface area contributed by atoms with Crippen molar-refractivity contribution < 1.29 is 14.7 Å². The number of nitrogens with one attached hydrogen (secondary N) is 2. The lowest BCUT2D eigenvalue weighted by Gasteiger charge is -2.29. The third-order valence-electron chi connectivity index (χ3n) is 3.29. The highest BCUT2D eigenvalue weighted by atomic mass is 79.9. The van der Waals surface area contributed by atoms with Crippen LogP contribution in [0.15, 0.2) is 16.7 Å². The highest BCUT2D eigenvalue weighted by Gasteiger charge is 2.32. The van der Waals surface area contributed by atoms with Crippen LogP contribution < -0.4 is 5.32 Å². The fraction of sp³-hybridized carbons (Fsp3) is 0.500. The molecule has 1 aromatic rings. The van der Waals surface area contributed by atoms with Crippen LogP contribution in [0, 0.1) is 5.92 Å². The Morgan fingerprint density at radius 3 is 2.72 bits per heavy atom. The first-order valence-electron chi connectivity index (χ1n) is 5.95. The van der Waals surface area contributed by atoms with Gasteiger partial charge in [0, 0.05) is 16.7 Å². The second-order valence-corrected chi connectivity index (χ2v) is 5.46. The van der Waals surface area contributed by atoms with E-state index in [-0.39, 0.29) is 11.9 Å². The number of carbonyl (C=O) groups excluding carboxylic acids is 1. The van der Waals surface area contributed by atoms with Crippen molar-refractivity contribution in [3.8, 4) is 0 Å². The topological polar surface area (TPSA) is 82.2 Å². The van der Waals surface area contributed by atoms with Gasteiger partial charge in [-0.1, -0.05) is 12.8 Å². The van der Waals surface area contributed by atoms with Crippen molar-refractivity contribution in [3.05, 3.63) is 22.4 Å². The van der Waals surface area contributed by atoms with Gasteiger partial charge in [-0.05, 0) is 34.8 Å². The molecule has 0 bridgehead atoms. The Labute approximate surface area is 113 Å². The van der Waals surface area contributed by atoms with Gasteiger partial charge in [0.05, 0.1) is 5.92 Å². The molecule has 1 heterocycles. The van der Waals surface area contributed by atoms with Crippen LogP contribution in [0.5, 0.6) is 0 Å². The summed E-state index contributed by atoms with van der Waals surface area (Å²) in [7, 11) is 0. The minimum Gasteiger partial charge on any atom is -0.481 e. The minimum absolute atomic E-state index is 0.251. The molecule has 3 N–H and O–H groups in total. The van der Waals surface area contributed by atoms with E-state index < -0.39 is 11.9 Å². The largest absolute Gasteiger partial charge is 0.481 e. The zero-order chi connectivity index (χ0) is 13.1. The molecule has 5 nitrogen and oxygen atoms in total. The molecule has 1 aliphatic carbocycles. The lowest BCUT2D eigenvalue weighted by atomic mass is 9.84. The molecule has 2 unspecified atom stereocenters. The van der Waals surface area contributed by atoms with E-state index in [4.69, 9.17) is 5.11 Å². The SMILES string of the molecule is O=C(NC1CCCCC1C(=O)O)c1cc(Br)c[nH]1. The van der Waals surface area contributed by atoms with Crippen molar-refractivity contribution in [1.82, 2.24) is 10.3 Å². The first kappa shape index (κ1) is 13.1. The molecule has 1 amide bonds. The summed E-state index contributed by atoms with van der Waals surface area (Å²) in [6, 6.07) is 1.40. The third-order valence-corrected chi connectivity index (χ3v) is 3.75. The van der Waals surface area contributed by atoms with E-state index in [1.54, 1.807) is 12.3 Å². The van der Waals surface area contributed by atoms with Gasteiger partial charge in [-0.15, -0.1) is 0 Å². The number of halogens is 1. The fourth-order valence-corrected chi connectivity index (χ4v) is 2.69. The number of amides is 1. The molecule has 1 aliphatic rings. The summed E-state index contributed by atoms with van der Waals surface area (Å²) in [6.45, 7) is 0. The van der Waals surface area contributed by atoms with Gasteiger partial charge < -0.3 is 15.4 Å². The zero-order valence-electron chi connectivity index (χ0n) is 9.78. The number of H-pyrrole nitrogens is 1. The molecule has 0 aliphatic heterocycles. The summed E-state index contributed by atoms with van der Waals surface area (Å²) in [5, 5.41) is 11.9. The molecule has 6 heteroatoms. The lowest BCUT2D eigenvalue weighted by molar-refractivity contribution is -0.143. The van der Waals surface area contributed by atoms with Crippen LogP contribution in [0.2, 0.25) is 0 Å². The molecule has 0 saturated heterocycles. The molecule has 0 aromatic carbocycles. The Hall–Kier alpha value is -1.30. The summed E-state index contributed by atoms with van der Waals surface area (Å²) in [5.74, 6) is -1.55. The molecular formula is C12H15BrN2O3. The fourth-order valence-electron chi connectivity index (χ4n) is 2.34. The van der Waals surface area contributed by atoms with Gasteiger partial charge in [0.1, 0.15) is 5.69 Å². The van der Waals surface area contributed by atoms with E-state index in [2.05, 4.69) is 26.2 Å². The number of hydrogen-bond donors (Lipinski definition) is 3. The van der Waals surface area contributed by atoms with Crippen molar-refractivity contribution in [2.75, 3.05) is 0 Å². The highest BCUT2D eigenvalue weighted by molar-refractivity contribution is 9.10. The van der Waals surface area contributed by atoms with E-state index in [0.717, 1.165) is 23.7 Å². The number of carbonyl (C=O) groups is 2. The number of hydrogen-bond acceptors (Lipinski definition) is 2. The molecule has 2 rings (SSSR count). The first-order valence-corrected chi connectivity index (χ1v) is 6.75. The average molecular weight is 315 g/mol. The summed E-state index contributed by atoms with van der Waals surface area (Å²) in [5.41, 5.74) is 0.441. The number of carboxylic acids is 1. The van der Waals surface area contributed by atoms with Crippen molar-refractivity contribution in [3.63, 3.8) is 0 Å². The van der Waals surface area contributed by atoms with Crippen LogP contribution in [-0.4, -0.2) is 28.0 Å². The number of rotatable bonds is 3. The Kier molecular flexibility index (Phi) is 4.06. The Balaban J connectivity index is 2.03. The number of aliphatic carboxylic acids is 1. The maximum atomic E-state index is 11.9. The minimum atomic E-state index is -0.826. The Morgan fingerprint density at radius 2 is 2.11 bits per heavy atom. The van der Waals surface area contributed by atoms with Crippen molar-refractivity contribution in [2.24, 2.45) is 5.92 Å². The third kappa shape index (κ3) is 2.93. The number of aromatic amines is 1. The van der Waals surface area contributed by atoms with Crippen LogP contribution in [0.4, 0.5) is 0 Å². The first-order chi connectivity index (χ1) is 8.58. The van der Waals surface area contributed by atoms with Crippen LogP contribution in [0.25, 0.3) is 0 Å². The molecule has 0 radical (unpaired) electrons. The molecule has 1 aromatic heterocycles. The smallest absolute Gasteiger partial charge is 0.308 e. The average Bonchev–Trinajstić information content (AvgIpc) is 2.76. The summed E-state index contributed by atoms with van der Waals surface area (Å²) < 4.78 is 0.797. The van der Waals surface area contributed by atoms with E-state index in [1.165, 1.54) is 0 Å². The predicted octanol–water partition coefficient (Wildman–Crippen LogP) is 2.15. The summed E-state index contributed by atoms with van der Waals surface area (Å²) in [6.07, 6.45) is 4.91. The maximum Gasteiger partial charge on any atom is 0.308 e. The summed E-state index contributed by atoms with van der Waals surface area (Å²) in [4.78, 5) is 25.9. The number of aromatic nitrogens is 1.